The van der Waals surface area contributed by atoms with Crippen LogP contribution in [0.5, 0.6) is 0 Å². The maximum absolute atomic E-state index is 13.4. The summed E-state index contributed by atoms with van der Waals surface area (Å²) < 4.78 is 23.5. The van der Waals surface area contributed by atoms with Gasteiger partial charge < -0.3 is 10.6 Å². The molecule has 0 unspecified atom stereocenters. The van der Waals surface area contributed by atoms with Crippen molar-refractivity contribution in [3.05, 3.63) is 16.8 Å². The quantitative estimate of drug-likeness (QED) is 0.687. The van der Waals surface area contributed by atoms with Gasteiger partial charge in [-0.05, 0) is 81.1 Å². The maximum atomic E-state index is 13.4. The fourth-order valence-electron chi connectivity index (χ4n) is 7.26. The predicted octanol–water partition coefficient (Wildman–Crippen LogP) is 3.54. The first kappa shape index (κ1) is 20.8. The fraction of sp³-hybridized carbons (Fsp3) is 0.696. The number of fused-ring (bicyclic) bond motifs is 1. The highest BCUT2D eigenvalue weighted by Gasteiger charge is 2.51. The molecule has 0 aromatic carbocycles. The molecule has 2 aromatic heterocycles. The largest absolute Gasteiger partial charge is 0.369 e. The number of hydrogen-bond acceptors (Lipinski definition) is 7. The van der Waals surface area contributed by atoms with Gasteiger partial charge in [-0.1, -0.05) is 0 Å². The molecule has 1 aliphatic heterocycles. The molecule has 7 rings (SSSR count). The lowest BCUT2D eigenvalue weighted by atomic mass is 9.53. The highest BCUT2D eigenvalue weighted by Crippen LogP contribution is 2.55. The Kier molecular flexibility index (Phi) is 4.81. The Hall–Kier alpha value is -1.74. The number of nitrogens with zero attached hydrogens (tertiary/aromatic N) is 2. The zero-order chi connectivity index (χ0) is 22.1. The summed E-state index contributed by atoms with van der Waals surface area (Å²) in [6.07, 6.45) is 9.65. The third-order valence-electron chi connectivity index (χ3n) is 8.23. The first-order chi connectivity index (χ1) is 15.3. The molecule has 0 radical (unpaired) electrons. The van der Waals surface area contributed by atoms with Crippen molar-refractivity contribution in [2.24, 2.45) is 23.7 Å². The highest BCUT2D eigenvalue weighted by atomic mass is 32.2. The van der Waals surface area contributed by atoms with Gasteiger partial charge in [0.2, 0.25) is 0 Å². The van der Waals surface area contributed by atoms with Crippen LogP contribution in [0.4, 0.5) is 5.82 Å². The highest BCUT2D eigenvalue weighted by molar-refractivity contribution is 7.91. The Morgan fingerprint density at radius 2 is 1.84 bits per heavy atom. The van der Waals surface area contributed by atoms with Crippen molar-refractivity contribution in [3.8, 4) is 0 Å². The van der Waals surface area contributed by atoms with Gasteiger partial charge in [0.15, 0.2) is 9.84 Å². The lowest BCUT2D eigenvalue weighted by molar-refractivity contribution is -0.0166. The van der Waals surface area contributed by atoms with Gasteiger partial charge in [0.1, 0.15) is 17.0 Å². The summed E-state index contributed by atoms with van der Waals surface area (Å²) in [5.74, 6) is 3.67. The number of carbonyl (C=O) groups excluding carboxylic acids is 1. The molecule has 5 fully saturated rings. The van der Waals surface area contributed by atoms with Crippen molar-refractivity contribution in [1.82, 2.24) is 15.3 Å². The normalized spacial score (nSPS) is 34.8. The summed E-state index contributed by atoms with van der Waals surface area (Å²) in [4.78, 5) is 23.8. The summed E-state index contributed by atoms with van der Waals surface area (Å²) in [5.41, 5.74) is 0.893. The lowest BCUT2D eigenvalue weighted by Gasteiger charge is -2.56. The average molecular weight is 475 g/mol. The second-order valence-electron chi connectivity index (χ2n) is 10.8. The zero-order valence-electron chi connectivity index (χ0n) is 18.4. The van der Waals surface area contributed by atoms with Gasteiger partial charge in [-0.3, -0.25) is 4.79 Å². The smallest absolute Gasteiger partial charge is 0.262 e. The molecule has 2 aromatic rings. The molecule has 7 nitrogen and oxygen atoms in total. The zero-order valence-corrected chi connectivity index (χ0v) is 20.0. The Morgan fingerprint density at radius 3 is 2.47 bits per heavy atom. The number of aromatic nitrogens is 2. The van der Waals surface area contributed by atoms with Crippen LogP contribution in [0.25, 0.3) is 10.2 Å². The average Bonchev–Trinajstić information content (AvgIpc) is 3.24. The van der Waals surface area contributed by atoms with E-state index in [4.69, 9.17) is 0 Å². The topological polar surface area (TPSA) is 101 Å². The van der Waals surface area contributed by atoms with E-state index in [1.54, 1.807) is 0 Å². The minimum atomic E-state index is -2.90. The van der Waals surface area contributed by atoms with Gasteiger partial charge in [-0.25, -0.2) is 18.4 Å². The number of sulfone groups is 1. The second-order valence-corrected chi connectivity index (χ2v) is 14.0. The second kappa shape index (κ2) is 7.38. The van der Waals surface area contributed by atoms with Crippen LogP contribution >= 0.6 is 11.3 Å². The van der Waals surface area contributed by atoms with E-state index in [1.807, 2.05) is 6.92 Å². The standard InChI is InChI=1S/C23H30N4O3S2/c1-13-18-20(24-10-14-2-3-32(29,30)11-14)25-12-26-22(18)31-19(13)21(28)27-23-7-15-4-16(8-23)6-17(5-15)9-23/h12,14-17H,2-11H2,1H3,(H,27,28)(H,24,25,26)/t14-,15?,16?,17?,23?/m0/s1. The third-order valence-corrected chi connectivity index (χ3v) is 11.3. The summed E-state index contributed by atoms with van der Waals surface area (Å²) in [6.45, 7) is 2.54. The number of anilines is 1. The van der Waals surface area contributed by atoms with Crippen molar-refractivity contribution in [3.63, 3.8) is 0 Å². The van der Waals surface area contributed by atoms with Crippen molar-refractivity contribution in [2.75, 3.05) is 23.4 Å². The van der Waals surface area contributed by atoms with E-state index in [1.165, 1.54) is 36.9 Å². The van der Waals surface area contributed by atoms with Crippen LogP contribution in [0.3, 0.4) is 0 Å². The molecule has 4 aliphatic carbocycles. The van der Waals surface area contributed by atoms with Crippen molar-refractivity contribution >= 4 is 43.1 Å². The summed E-state index contributed by atoms with van der Waals surface area (Å²) >= 11 is 1.43. The number of thiophene rings is 1. The van der Waals surface area contributed by atoms with Gasteiger partial charge in [0.05, 0.1) is 21.8 Å². The molecule has 32 heavy (non-hydrogen) atoms. The molecule has 1 atom stereocenters. The third kappa shape index (κ3) is 3.61. The Labute approximate surface area is 192 Å². The number of nitrogens with one attached hydrogen (secondary N) is 2. The summed E-state index contributed by atoms with van der Waals surface area (Å²) in [5, 5.41) is 7.71. The Morgan fingerprint density at radius 1 is 1.16 bits per heavy atom. The lowest BCUT2D eigenvalue weighted by Crippen LogP contribution is -2.59. The van der Waals surface area contributed by atoms with Gasteiger partial charge in [-0.15, -0.1) is 11.3 Å². The van der Waals surface area contributed by atoms with E-state index in [0.29, 0.717) is 18.8 Å². The van der Waals surface area contributed by atoms with Crippen LogP contribution in [0.15, 0.2) is 6.33 Å². The van der Waals surface area contributed by atoms with Crippen molar-refractivity contribution in [2.45, 2.75) is 57.4 Å². The first-order valence-corrected chi connectivity index (χ1v) is 14.4. The van der Waals surface area contributed by atoms with Crippen LogP contribution in [-0.4, -0.2) is 47.9 Å². The maximum Gasteiger partial charge on any atom is 0.262 e. The molecule has 3 heterocycles. The van der Waals surface area contributed by atoms with Gasteiger partial charge in [0, 0.05) is 12.1 Å². The van der Waals surface area contributed by atoms with Crippen LogP contribution in [-0.2, 0) is 9.84 Å². The molecule has 4 saturated carbocycles. The summed E-state index contributed by atoms with van der Waals surface area (Å²) in [6, 6.07) is 0. The van der Waals surface area contributed by atoms with E-state index in [-0.39, 0.29) is 28.9 Å². The van der Waals surface area contributed by atoms with Crippen LogP contribution < -0.4 is 10.6 Å². The van der Waals surface area contributed by atoms with E-state index in [2.05, 4.69) is 20.6 Å². The molecule has 2 N–H and O–H groups in total. The molecular formula is C23H30N4O3S2. The molecule has 0 spiro atoms. The Bertz CT molecular complexity index is 1150. The van der Waals surface area contributed by atoms with Crippen LogP contribution in [0, 0.1) is 30.6 Å². The van der Waals surface area contributed by atoms with E-state index in [9.17, 15) is 13.2 Å². The minimum absolute atomic E-state index is 0.0187. The number of carbonyl (C=O) groups is 1. The first-order valence-electron chi connectivity index (χ1n) is 11.8. The van der Waals surface area contributed by atoms with Crippen molar-refractivity contribution < 1.29 is 13.2 Å². The number of amides is 1. The molecule has 4 bridgehead atoms. The van der Waals surface area contributed by atoms with Gasteiger partial charge >= 0.3 is 0 Å². The minimum Gasteiger partial charge on any atom is -0.369 e. The number of hydrogen-bond donors (Lipinski definition) is 2. The molecule has 9 heteroatoms. The molecular weight excluding hydrogens is 444 g/mol. The van der Waals surface area contributed by atoms with Gasteiger partial charge in [0.25, 0.3) is 5.91 Å². The molecule has 172 valence electrons. The molecule has 1 amide bonds. The van der Waals surface area contributed by atoms with E-state index in [0.717, 1.165) is 57.7 Å². The van der Waals surface area contributed by atoms with Crippen molar-refractivity contribution in [1.29, 1.82) is 0 Å². The fourth-order valence-corrected chi connectivity index (χ4v) is 10.2. The van der Waals surface area contributed by atoms with Gasteiger partial charge in [-0.2, -0.15) is 0 Å². The number of rotatable bonds is 5. The number of aryl methyl sites for hydroxylation is 1. The summed E-state index contributed by atoms with van der Waals surface area (Å²) in [7, 11) is -2.90. The van der Waals surface area contributed by atoms with Crippen LogP contribution in [0.1, 0.15) is 60.2 Å². The molecule has 1 saturated heterocycles. The van der Waals surface area contributed by atoms with E-state index >= 15 is 0 Å². The van der Waals surface area contributed by atoms with Crippen LogP contribution in [0.2, 0.25) is 0 Å². The monoisotopic (exact) mass is 474 g/mol. The molecule has 5 aliphatic rings. The Balaban J connectivity index is 1.23. The SMILES string of the molecule is Cc1c(C(=O)NC23CC4CC(CC(C4)C2)C3)sc2ncnc(NC[C@@H]3CCS(=O)(=O)C3)c12. The predicted molar refractivity (Wildman–Crippen MR) is 126 cm³/mol. The van der Waals surface area contributed by atoms with E-state index < -0.39 is 9.84 Å².